The molecule has 0 unspecified atom stereocenters. The summed E-state index contributed by atoms with van der Waals surface area (Å²) in [4.78, 5) is 22.8. The zero-order chi connectivity index (χ0) is 13.4. The van der Waals surface area contributed by atoms with Crippen LogP contribution in [-0.4, -0.2) is 16.9 Å². The third kappa shape index (κ3) is 4.92. The molecule has 0 bridgehead atoms. The SMILES string of the molecule is CCCC(=O)NNC(=S)NC(=O)c1ccccc1. The molecule has 2 amide bonds. The standard InChI is InChI=1S/C12H15N3O2S/c1-2-6-10(16)14-15-12(18)13-11(17)9-7-4-3-5-8-9/h3-5,7-8H,2,6H2,1H3,(H,14,16)(H2,13,15,17,18). The Morgan fingerprint density at radius 1 is 1.17 bits per heavy atom. The van der Waals surface area contributed by atoms with E-state index in [0.717, 1.165) is 6.42 Å². The van der Waals surface area contributed by atoms with Crippen molar-refractivity contribution in [2.45, 2.75) is 19.8 Å². The molecule has 0 aliphatic carbocycles. The van der Waals surface area contributed by atoms with Crippen LogP contribution in [0.2, 0.25) is 0 Å². The number of benzene rings is 1. The van der Waals surface area contributed by atoms with Gasteiger partial charge in [0.25, 0.3) is 5.91 Å². The summed E-state index contributed by atoms with van der Waals surface area (Å²) in [6, 6.07) is 8.68. The van der Waals surface area contributed by atoms with Gasteiger partial charge in [0.05, 0.1) is 0 Å². The van der Waals surface area contributed by atoms with Crippen molar-refractivity contribution >= 4 is 29.1 Å². The summed E-state index contributed by atoms with van der Waals surface area (Å²) in [5.41, 5.74) is 5.36. The third-order valence-corrected chi connectivity index (χ3v) is 2.26. The topological polar surface area (TPSA) is 70.2 Å². The molecular formula is C12H15N3O2S. The molecule has 0 saturated carbocycles. The molecule has 1 rings (SSSR count). The lowest BCUT2D eigenvalue weighted by molar-refractivity contribution is -0.121. The van der Waals surface area contributed by atoms with Gasteiger partial charge >= 0.3 is 0 Å². The van der Waals surface area contributed by atoms with E-state index in [1.165, 1.54) is 0 Å². The molecule has 0 spiro atoms. The van der Waals surface area contributed by atoms with Crippen molar-refractivity contribution in [3.63, 3.8) is 0 Å². The van der Waals surface area contributed by atoms with Gasteiger partial charge in [0.2, 0.25) is 5.91 Å². The number of carbonyl (C=O) groups is 2. The highest BCUT2D eigenvalue weighted by atomic mass is 32.1. The van der Waals surface area contributed by atoms with E-state index in [-0.39, 0.29) is 16.9 Å². The van der Waals surface area contributed by atoms with Crippen LogP contribution in [0, 0.1) is 0 Å². The molecule has 0 heterocycles. The first-order valence-electron chi connectivity index (χ1n) is 5.58. The van der Waals surface area contributed by atoms with Crippen LogP contribution < -0.4 is 16.2 Å². The van der Waals surface area contributed by atoms with E-state index in [1.54, 1.807) is 24.3 Å². The molecule has 1 aromatic rings. The normalized spacial score (nSPS) is 9.39. The number of hydrogen-bond donors (Lipinski definition) is 3. The Morgan fingerprint density at radius 2 is 1.83 bits per heavy atom. The highest BCUT2D eigenvalue weighted by molar-refractivity contribution is 7.80. The van der Waals surface area contributed by atoms with Gasteiger partial charge in [-0.15, -0.1) is 0 Å². The molecular weight excluding hydrogens is 250 g/mol. The minimum atomic E-state index is -0.321. The van der Waals surface area contributed by atoms with Crippen molar-refractivity contribution in [1.29, 1.82) is 0 Å². The van der Waals surface area contributed by atoms with E-state index in [4.69, 9.17) is 12.2 Å². The number of carbonyl (C=O) groups excluding carboxylic acids is 2. The minimum Gasteiger partial charge on any atom is -0.298 e. The second-order valence-electron chi connectivity index (χ2n) is 3.57. The van der Waals surface area contributed by atoms with E-state index in [2.05, 4.69) is 16.2 Å². The molecule has 5 nitrogen and oxygen atoms in total. The summed E-state index contributed by atoms with van der Waals surface area (Å²) in [6.07, 6.45) is 1.15. The van der Waals surface area contributed by atoms with Crippen molar-refractivity contribution in [2.75, 3.05) is 0 Å². The summed E-state index contributed by atoms with van der Waals surface area (Å²) in [5.74, 6) is -0.494. The first-order valence-corrected chi connectivity index (χ1v) is 5.99. The summed E-state index contributed by atoms with van der Waals surface area (Å²) in [7, 11) is 0. The van der Waals surface area contributed by atoms with E-state index in [1.807, 2.05) is 13.0 Å². The Bertz CT molecular complexity index is 434. The minimum absolute atomic E-state index is 0.0632. The van der Waals surface area contributed by atoms with Gasteiger partial charge < -0.3 is 0 Å². The van der Waals surface area contributed by atoms with E-state index < -0.39 is 0 Å². The van der Waals surface area contributed by atoms with E-state index >= 15 is 0 Å². The molecule has 0 saturated heterocycles. The zero-order valence-electron chi connectivity index (χ0n) is 10.0. The summed E-state index contributed by atoms with van der Waals surface area (Å²) in [6.45, 7) is 1.90. The maximum Gasteiger partial charge on any atom is 0.257 e. The maximum atomic E-state index is 11.7. The Balaban J connectivity index is 2.37. The second kappa shape index (κ2) is 7.39. The predicted octanol–water partition coefficient (Wildman–Crippen LogP) is 1.12. The molecule has 3 N–H and O–H groups in total. The fourth-order valence-corrected chi connectivity index (χ4v) is 1.36. The molecule has 0 aliphatic rings. The third-order valence-electron chi connectivity index (χ3n) is 2.06. The van der Waals surface area contributed by atoms with Crippen molar-refractivity contribution in [2.24, 2.45) is 0 Å². The van der Waals surface area contributed by atoms with Gasteiger partial charge in [-0.1, -0.05) is 25.1 Å². The average molecular weight is 265 g/mol. The van der Waals surface area contributed by atoms with Crippen molar-refractivity contribution in [3.8, 4) is 0 Å². The fraction of sp³-hybridized carbons (Fsp3) is 0.250. The van der Waals surface area contributed by atoms with Crippen molar-refractivity contribution in [1.82, 2.24) is 16.2 Å². The zero-order valence-corrected chi connectivity index (χ0v) is 10.8. The van der Waals surface area contributed by atoms with Crippen LogP contribution in [0.4, 0.5) is 0 Å². The number of amides is 2. The largest absolute Gasteiger partial charge is 0.298 e. The van der Waals surface area contributed by atoms with Gasteiger partial charge in [-0.3, -0.25) is 25.8 Å². The van der Waals surface area contributed by atoms with E-state index in [9.17, 15) is 9.59 Å². The number of nitrogens with one attached hydrogen (secondary N) is 3. The number of hydrazine groups is 1. The highest BCUT2D eigenvalue weighted by Gasteiger charge is 2.07. The highest BCUT2D eigenvalue weighted by Crippen LogP contribution is 1.97. The lowest BCUT2D eigenvalue weighted by Crippen LogP contribution is -2.48. The fourth-order valence-electron chi connectivity index (χ4n) is 1.21. The van der Waals surface area contributed by atoms with Gasteiger partial charge in [0, 0.05) is 12.0 Å². The summed E-state index contributed by atoms with van der Waals surface area (Å²) in [5, 5.41) is 2.52. The Hall–Kier alpha value is -1.95. The molecule has 0 atom stereocenters. The smallest absolute Gasteiger partial charge is 0.257 e. The van der Waals surface area contributed by atoms with Crippen LogP contribution in [0.25, 0.3) is 0 Å². The van der Waals surface area contributed by atoms with Crippen molar-refractivity contribution < 1.29 is 9.59 Å². The van der Waals surface area contributed by atoms with Crippen LogP contribution in [-0.2, 0) is 4.79 Å². The lowest BCUT2D eigenvalue weighted by atomic mass is 10.2. The molecule has 0 aliphatic heterocycles. The number of thiocarbonyl (C=S) groups is 1. The number of rotatable bonds is 3. The van der Waals surface area contributed by atoms with Gasteiger partial charge in [0.1, 0.15) is 0 Å². The van der Waals surface area contributed by atoms with Gasteiger partial charge in [-0.2, -0.15) is 0 Å². The Labute approximate surface area is 111 Å². The average Bonchev–Trinajstić information content (AvgIpc) is 2.38. The first-order chi connectivity index (χ1) is 8.63. The van der Waals surface area contributed by atoms with Crippen LogP contribution in [0.5, 0.6) is 0 Å². The Morgan fingerprint density at radius 3 is 2.44 bits per heavy atom. The number of hydrogen-bond acceptors (Lipinski definition) is 3. The monoisotopic (exact) mass is 265 g/mol. The van der Waals surface area contributed by atoms with Crippen LogP contribution in [0.3, 0.4) is 0 Å². The molecule has 6 heteroatoms. The second-order valence-corrected chi connectivity index (χ2v) is 3.98. The van der Waals surface area contributed by atoms with Gasteiger partial charge in [0.15, 0.2) is 5.11 Å². The van der Waals surface area contributed by atoms with Crippen LogP contribution in [0.15, 0.2) is 30.3 Å². The molecule has 0 fully saturated rings. The summed E-state index contributed by atoms with van der Waals surface area (Å²) < 4.78 is 0. The summed E-state index contributed by atoms with van der Waals surface area (Å²) >= 11 is 4.88. The molecule has 96 valence electrons. The van der Waals surface area contributed by atoms with Crippen LogP contribution >= 0.6 is 12.2 Å². The van der Waals surface area contributed by atoms with E-state index in [0.29, 0.717) is 12.0 Å². The van der Waals surface area contributed by atoms with Crippen LogP contribution in [0.1, 0.15) is 30.1 Å². The van der Waals surface area contributed by atoms with Gasteiger partial charge in [-0.05, 0) is 30.8 Å². The first kappa shape index (κ1) is 14.1. The predicted molar refractivity (Wildman–Crippen MR) is 72.7 cm³/mol. The molecule has 18 heavy (non-hydrogen) atoms. The molecule has 1 aromatic carbocycles. The quantitative estimate of drug-likeness (QED) is 0.566. The lowest BCUT2D eigenvalue weighted by Gasteiger charge is -2.10. The van der Waals surface area contributed by atoms with Crippen molar-refractivity contribution in [3.05, 3.63) is 35.9 Å². The molecule has 0 aromatic heterocycles. The molecule has 0 radical (unpaired) electrons. The maximum absolute atomic E-state index is 11.7. The van der Waals surface area contributed by atoms with Gasteiger partial charge in [-0.25, -0.2) is 0 Å². The Kier molecular flexibility index (Phi) is 5.79.